The predicted octanol–water partition coefficient (Wildman–Crippen LogP) is 8.56. The first-order valence-corrected chi connectivity index (χ1v) is 13.6. The molecule has 0 bridgehead atoms. The number of allylic oxidation sites excluding steroid dienone is 1. The van der Waals surface area contributed by atoms with Crippen LogP contribution in [0.2, 0.25) is 16.6 Å². The summed E-state index contributed by atoms with van der Waals surface area (Å²) >= 11 is 0. The SMILES string of the molecule is C=C[C@@](C)(CCCCCO[Si](C(C)C)(C(C)C)C(C)C)CCc1ccccc1. The van der Waals surface area contributed by atoms with E-state index >= 15 is 0 Å². The molecule has 0 fully saturated rings. The molecule has 1 aromatic rings. The highest BCUT2D eigenvalue weighted by atomic mass is 28.4. The van der Waals surface area contributed by atoms with E-state index in [1.165, 1.54) is 37.7 Å². The Balaban J connectivity index is 2.40. The summed E-state index contributed by atoms with van der Waals surface area (Å²) in [7, 11) is -1.70. The molecule has 0 amide bonds. The van der Waals surface area contributed by atoms with Crippen molar-refractivity contribution < 1.29 is 4.43 Å². The van der Waals surface area contributed by atoms with Crippen LogP contribution in [0, 0.1) is 5.41 Å². The molecule has 0 aliphatic rings. The number of unbranched alkanes of at least 4 members (excludes halogenated alkanes) is 2. The average molecular weight is 403 g/mol. The topological polar surface area (TPSA) is 9.23 Å². The largest absolute Gasteiger partial charge is 0.416 e. The standard InChI is InChI=1S/C26H46OSi/c1-9-26(8,20-18-25-16-12-10-13-17-25)19-14-11-15-21-27-28(22(2)3,23(4)5)24(6)7/h9-10,12-13,16-17,22-24H,1,11,14-15,18-21H2,2-8H3/t26-/m0/s1. The molecule has 1 rings (SSSR count). The summed E-state index contributed by atoms with van der Waals surface area (Å²) in [5.74, 6) is 0. The third-order valence-corrected chi connectivity index (χ3v) is 12.9. The van der Waals surface area contributed by atoms with Crippen LogP contribution in [0.3, 0.4) is 0 Å². The first-order valence-electron chi connectivity index (χ1n) is 11.5. The third kappa shape index (κ3) is 7.19. The highest BCUT2D eigenvalue weighted by molar-refractivity contribution is 6.77. The maximum absolute atomic E-state index is 6.70. The zero-order valence-electron chi connectivity index (χ0n) is 19.8. The van der Waals surface area contributed by atoms with Crippen molar-refractivity contribution in [1.29, 1.82) is 0 Å². The zero-order valence-corrected chi connectivity index (χ0v) is 20.8. The Labute approximate surface area is 177 Å². The van der Waals surface area contributed by atoms with Crippen LogP contribution in [0.5, 0.6) is 0 Å². The molecule has 0 saturated carbocycles. The first kappa shape index (κ1) is 25.2. The molecule has 0 saturated heterocycles. The van der Waals surface area contributed by atoms with Gasteiger partial charge in [0.05, 0.1) is 0 Å². The van der Waals surface area contributed by atoms with Gasteiger partial charge in [0.25, 0.3) is 0 Å². The summed E-state index contributed by atoms with van der Waals surface area (Å²) < 4.78 is 6.70. The van der Waals surface area contributed by atoms with Gasteiger partial charge in [-0.05, 0) is 53.3 Å². The van der Waals surface area contributed by atoms with Gasteiger partial charge >= 0.3 is 0 Å². The minimum atomic E-state index is -1.70. The summed E-state index contributed by atoms with van der Waals surface area (Å²) in [5.41, 5.74) is 3.70. The second-order valence-electron chi connectivity index (χ2n) is 9.82. The van der Waals surface area contributed by atoms with Gasteiger partial charge in [-0.1, -0.05) is 97.7 Å². The molecule has 2 heteroatoms. The molecule has 1 atom stereocenters. The monoisotopic (exact) mass is 402 g/mol. The summed E-state index contributed by atoms with van der Waals surface area (Å²) in [4.78, 5) is 0. The smallest absolute Gasteiger partial charge is 0.200 e. The quantitative estimate of drug-likeness (QED) is 0.172. The van der Waals surface area contributed by atoms with Gasteiger partial charge in [0.1, 0.15) is 0 Å². The lowest BCUT2D eigenvalue weighted by molar-refractivity contribution is 0.262. The first-order chi connectivity index (χ1) is 13.2. The van der Waals surface area contributed by atoms with Gasteiger partial charge in [-0.2, -0.15) is 0 Å². The van der Waals surface area contributed by atoms with Crippen molar-refractivity contribution in [2.45, 2.75) is 104 Å². The van der Waals surface area contributed by atoms with Crippen molar-refractivity contribution in [2.75, 3.05) is 6.61 Å². The second-order valence-corrected chi connectivity index (χ2v) is 15.3. The Hall–Kier alpha value is -0.863. The summed E-state index contributed by atoms with van der Waals surface area (Å²) in [6, 6.07) is 10.8. The van der Waals surface area contributed by atoms with E-state index in [4.69, 9.17) is 4.43 Å². The van der Waals surface area contributed by atoms with E-state index in [-0.39, 0.29) is 5.41 Å². The van der Waals surface area contributed by atoms with E-state index in [1.54, 1.807) is 0 Å². The van der Waals surface area contributed by atoms with Crippen LogP contribution in [0.1, 0.15) is 86.1 Å². The Kier molecular flexibility index (Phi) is 10.8. The highest BCUT2D eigenvalue weighted by Gasteiger charge is 2.44. The van der Waals surface area contributed by atoms with Crippen LogP contribution in [-0.2, 0) is 10.8 Å². The average Bonchev–Trinajstić information content (AvgIpc) is 2.65. The van der Waals surface area contributed by atoms with Gasteiger partial charge in [-0.15, -0.1) is 6.58 Å². The number of hydrogen-bond donors (Lipinski definition) is 0. The van der Waals surface area contributed by atoms with Gasteiger partial charge in [-0.3, -0.25) is 0 Å². The lowest BCUT2D eigenvalue weighted by Gasteiger charge is -2.42. The van der Waals surface area contributed by atoms with Gasteiger partial charge in [0.15, 0.2) is 8.32 Å². The molecular formula is C26H46OSi. The zero-order chi connectivity index (χ0) is 21.2. The van der Waals surface area contributed by atoms with Gasteiger partial charge in [0.2, 0.25) is 0 Å². The fourth-order valence-corrected chi connectivity index (χ4v) is 10.5. The van der Waals surface area contributed by atoms with Gasteiger partial charge in [0, 0.05) is 6.61 Å². The molecule has 160 valence electrons. The van der Waals surface area contributed by atoms with Crippen molar-refractivity contribution in [2.24, 2.45) is 5.41 Å². The maximum atomic E-state index is 6.70. The molecule has 0 aliphatic heterocycles. The van der Waals surface area contributed by atoms with Crippen molar-refractivity contribution in [1.82, 2.24) is 0 Å². The van der Waals surface area contributed by atoms with Crippen molar-refractivity contribution in [3.8, 4) is 0 Å². The molecule has 1 nitrogen and oxygen atoms in total. The number of rotatable bonds is 14. The molecule has 0 aromatic heterocycles. The van der Waals surface area contributed by atoms with Crippen LogP contribution in [0.25, 0.3) is 0 Å². The van der Waals surface area contributed by atoms with Crippen LogP contribution >= 0.6 is 0 Å². The van der Waals surface area contributed by atoms with E-state index < -0.39 is 8.32 Å². The maximum Gasteiger partial charge on any atom is 0.200 e. The van der Waals surface area contributed by atoms with E-state index in [1.807, 2.05) is 0 Å². The van der Waals surface area contributed by atoms with Crippen molar-refractivity contribution in [3.05, 3.63) is 48.6 Å². The number of benzene rings is 1. The fourth-order valence-electron chi connectivity index (χ4n) is 4.96. The highest BCUT2D eigenvalue weighted by Crippen LogP contribution is 2.42. The molecule has 0 unspecified atom stereocenters. The Morgan fingerprint density at radius 3 is 1.96 bits per heavy atom. The summed E-state index contributed by atoms with van der Waals surface area (Å²) in [6.45, 7) is 21.7. The molecule has 0 N–H and O–H groups in total. The Morgan fingerprint density at radius 2 is 1.46 bits per heavy atom. The molecule has 0 radical (unpaired) electrons. The Morgan fingerprint density at radius 1 is 0.893 bits per heavy atom. The van der Waals surface area contributed by atoms with Crippen LogP contribution < -0.4 is 0 Å². The van der Waals surface area contributed by atoms with E-state index in [0.29, 0.717) is 16.6 Å². The Bertz CT molecular complexity index is 527. The minimum absolute atomic E-state index is 0.239. The van der Waals surface area contributed by atoms with Crippen LogP contribution in [0.15, 0.2) is 43.0 Å². The molecule has 28 heavy (non-hydrogen) atoms. The lowest BCUT2D eigenvalue weighted by atomic mass is 9.79. The lowest BCUT2D eigenvalue weighted by Crippen LogP contribution is -2.47. The molecule has 0 heterocycles. The van der Waals surface area contributed by atoms with E-state index in [0.717, 1.165) is 13.0 Å². The molecule has 1 aromatic carbocycles. The molecule has 0 aliphatic carbocycles. The number of hydrogen-bond acceptors (Lipinski definition) is 1. The van der Waals surface area contributed by atoms with Crippen molar-refractivity contribution >= 4 is 8.32 Å². The fraction of sp³-hybridized carbons (Fsp3) is 0.692. The van der Waals surface area contributed by atoms with Gasteiger partial charge in [-0.25, -0.2) is 0 Å². The normalized spacial score (nSPS) is 14.6. The third-order valence-electron chi connectivity index (χ3n) is 6.77. The van der Waals surface area contributed by atoms with Crippen LogP contribution in [-0.4, -0.2) is 14.9 Å². The molecular weight excluding hydrogens is 356 g/mol. The summed E-state index contributed by atoms with van der Waals surface area (Å²) in [6.07, 6.45) is 9.44. The number of aryl methyl sites for hydroxylation is 1. The van der Waals surface area contributed by atoms with Crippen LogP contribution in [0.4, 0.5) is 0 Å². The van der Waals surface area contributed by atoms with E-state index in [2.05, 4.69) is 91.5 Å². The summed E-state index contributed by atoms with van der Waals surface area (Å²) in [5, 5.41) is 0. The second kappa shape index (κ2) is 12.0. The van der Waals surface area contributed by atoms with Gasteiger partial charge < -0.3 is 4.43 Å². The van der Waals surface area contributed by atoms with E-state index in [9.17, 15) is 0 Å². The predicted molar refractivity (Wildman–Crippen MR) is 129 cm³/mol. The minimum Gasteiger partial charge on any atom is -0.416 e. The van der Waals surface area contributed by atoms with Crippen molar-refractivity contribution in [3.63, 3.8) is 0 Å². The molecule has 0 spiro atoms.